The van der Waals surface area contributed by atoms with Crippen LogP contribution in [-0.4, -0.2) is 32.0 Å². The number of hydrogen-bond acceptors (Lipinski definition) is 4. The van der Waals surface area contributed by atoms with Crippen molar-refractivity contribution >= 4 is 11.1 Å². The molecule has 82 valence electrons. The molecule has 0 spiro atoms. The van der Waals surface area contributed by atoms with Crippen LogP contribution in [0.5, 0.6) is 0 Å². The second-order valence-corrected chi connectivity index (χ2v) is 5.91. The maximum absolute atomic E-state index is 10.9. The first-order chi connectivity index (χ1) is 6.44. The van der Waals surface area contributed by atoms with E-state index in [4.69, 9.17) is 9.47 Å². The van der Waals surface area contributed by atoms with Crippen LogP contribution in [0, 0.1) is 0 Å². The highest BCUT2D eigenvalue weighted by molar-refractivity contribution is 7.81. The molecule has 4 nitrogen and oxygen atoms in total. The molecule has 0 amide bonds. The normalized spacial score (nSPS) is 35.5. The van der Waals surface area contributed by atoms with Gasteiger partial charge in [0.05, 0.1) is 12.7 Å². The van der Waals surface area contributed by atoms with E-state index in [2.05, 4.69) is 0 Å². The molecule has 1 aliphatic heterocycles. The summed E-state index contributed by atoms with van der Waals surface area (Å²) < 4.78 is 32.3. The first-order valence-electron chi connectivity index (χ1n) is 4.85. The summed E-state index contributed by atoms with van der Waals surface area (Å²) >= 11 is -1.97. The molecule has 0 aromatic heterocycles. The van der Waals surface area contributed by atoms with Crippen molar-refractivity contribution in [2.24, 2.45) is 0 Å². The van der Waals surface area contributed by atoms with E-state index in [0.29, 0.717) is 13.0 Å². The molecule has 2 aliphatic rings. The lowest BCUT2D eigenvalue weighted by atomic mass is 10.2. The average molecular weight is 219 g/mol. The van der Waals surface area contributed by atoms with Crippen LogP contribution in [0.3, 0.4) is 0 Å². The zero-order valence-electron chi connectivity index (χ0n) is 8.45. The number of hydrogen-bond donors (Lipinski definition) is 0. The quantitative estimate of drug-likeness (QED) is 0.663. The molecule has 2 atom stereocenters. The lowest BCUT2D eigenvalue weighted by molar-refractivity contribution is -0.139. The SMILES string of the molecule is CC1(C)OCC(CC2(S(=O)[O-])CC2)O1. The van der Waals surface area contributed by atoms with Gasteiger partial charge >= 0.3 is 0 Å². The Morgan fingerprint density at radius 3 is 2.50 bits per heavy atom. The predicted molar refractivity (Wildman–Crippen MR) is 50.4 cm³/mol. The third-order valence-electron chi connectivity index (χ3n) is 2.83. The molecular weight excluding hydrogens is 204 g/mol. The Morgan fingerprint density at radius 1 is 1.50 bits per heavy atom. The molecule has 0 aromatic carbocycles. The fourth-order valence-corrected chi connectivity index (χ4v) is 2.61. The van der Waals surface area contributed by atoms with E-state index in [1.54, 1.807) is 0 Å². The molecule has 5 heteroatoms. The van der Waals surface area contributed by atoms with Gasteiger partial charge < -0.3 is 14.0 Å². The van der Waals surface area contributed by atoms with E-state index in [9.17, 15) is 8.76 Å². The van der Waals surface area contributed by atoms with Crippen LogP contribution < -0.4 is 0 Å². The lowest BCUT2D eigenvalue weighted by Gasteiger charge is -2.22. The van der Waals surface area contributed by atoms with Crippen LogP contribution in [0.1, 0.15) is 33.1 Å². The highest BCUT2D eigenvalue weighted by atomic mass is 32.2. The summed E-state index contributed by atoms with van der Waals surface area (Å²) in [7, 11) is 0. The zero-order valence-corrected chi connectivity index (χ0v) is 9.26. The van der Waals surface area contributed by atoms with Crippen LogP contribution in [0.4, 0.5) is 0 Å². The van der Waals surface area contributed by atoms with E-state index in [1.807, 2.05) is 13.8 Å². The Morgan fingerprint density at radius 2 is 2.14 bits per heavy atom. The molecule has 0 radical (unpaired) electrons. The van der Waals surface area contributed by atoms with Gasteiger partial charge in [0.25, 0.3) is 0 Å². The Kier molecular flexibility index (Phi) is 2.46. The fraction of sp³-hybridized carbons (Fsp3) is 1.00. The smallest absolute Gasteiger partial charge is 0.163 e. The molecule has 0 N–H and O–H groups in total. The number of rotatable bonds is 3. The van der Waals surface area contributed by atoms with Crippen LogP contribution in [0.25, 0.3) is 0 Å². The summed E-state index contributed by atoms with van der Waals surface area (Å²) in [6.07, 6.45) is 2.05. The Balaban J connectivity index is 1.91. The predicted octanol–water partition coefficient (Wildman–Crippen LogP) is 0.940. The van der Waals surface area contributed by atoms with Gasteiger partial charge in [-0.15, -0.1) is 0 Å². The van der Waals surface area contributed by atoms with Gasteiger partial charge in [-0.05, 0) is 44.2 Å². The molecule has 1 aliphatic carbocycles. The lowest BCUT2D eigenvalue weighted by Crippen LogP contribution is -2.27. The van der Waals surface area contributed by atoms with Crippen molar-refractivity contribution in [3.63, 3.8) is 0 Å². The van der Waals surface area contributed by atoms with E-state index in [1.165, 1.54) is 0 Å². The molecule has 2 rings (SSSR count). The average Bonchev–Trinajstić information content (AvgIpc) is 2.74. The summed E-state index contributed by atoms with van der Waals surface area (Å²) in [6.45, 7) is 4.20. The van der Waals surface area contributed by atoms with E-state index in [0.717, 1.165) is 12.8 Å². The summed E-state index contributed by atoms with van der Waals surface area (Å²) in [4.78, 5) is 0. The third-order valence-corrected chi connectivity index (χ3v) is 4.11. The van der Waals surface area contributed by atoms with Crippen molar-refractivity contribution in [3.05, 3.63) is 0 Å². The van der Waals surface area contributed by atoms with Gasteiger partial charge in [-0.3, -0.25) is 4.21 Å². The summed E-state index contributed by atoms with van der Waals surface area (Å²) in [5, 5.41) is 0. The third kappa shape index (κ3) is 2.00. The van der Waals surface area contributed by atoms with Crippen molar-refractivity contribution in [1.82, 2.24) is 0 Å². The number of ether oxygens (including phenoxy) is 2. The Labute approximate surface area is 86.3 Å². The van der Waals surface area contributed by atoms with E-state index in [-0.39, 0.29) is 6.10 Å². The van der Waals surface area contributed by atoms with Crippen LogP contribution in [0.2, 0.25) is 0 Å². The van der Waals surface area contributed by atoms with E-state index >= 15 is 0 Å². The molecule has 0 bridgehead atoms. The monoisotopic (exact) mass is 219 g/mol. The molecule has 14 heavy (non-hydrogen) atoms. The summed E-state index contributed by atoms with van der Waals surface area (Å²) in [5.41, 5.74) is 0. The van der Waals surface area contributed by atoms with Gasteiger partial charge in [0.1, 0.15) is 0 Å². The van der Waals surface area contributed by atoms with Crippen molar-refractivity contribution in [3.8, 4) is 0 Å². The van der Waals surface area contributed by atoms with E-state index < -0.39 is 21.6 Å². The molecular formula is C9H15O4S-. The second-order valence-electron chi connectivity index (χ2n) is 4.57. The summed E-state index contributed by atoms with van der Waals surface area (Å²) in [5.74, 6) is -0.550. The molecule has 0 aromatic rings. The molecule has 2 fully saturated rings. The van der Waals surface area contributed by atoms with Gasteiger partial charge in [0.2, 0.25) is 0 Å². The molecule has 1 saturated heterocycles. The minimum Gasteiger partial charge on any atom is -0.772 e. The minimum absolute atomic E-state index is 0.0644. The maximum Gasteiger partial charge on any atom is 0.163 e. The van der Waals surface area contributed by atoms with Gasteiger partial charge in [0.15, 0.2) is 5.79 Å². The van der Waals surface area contributed by atoms with Crippen molar-refractivity contribution in [2.75, 3.05) is 6.61 Å². The molecule has 1 saturated carbocycles. The fourth-order valence-electron chi connectivity index (χ4n) is 1.86. The van der Waals surface area contributed by atoms with Gasteiger partial charge in [-0.1, -0.05) is 0 Å². The highest BCUT2D eigenvalue weighted by Gasteiger charge is 2.48. The van der Waals surface area contributed by atoms with Gasteiger partial charge in [-0.2, -0.15) is 0 Å². The summed E-state index contributed by atoms with van der Waals surface area (Å²) in [6, 6.07) is 0. The van der Waals surface area contributed by atoms with Crippen molar-refractivity contribution in [2.45, 2.75) is 49.7 Å². The first kappa shape index (κ1) is 10.5. The highest BCUT2D eigenvalue weighted by Crippen LogP contribution is 2.46. The molecule has 2 unspecified atom stereocenters. The van der Waals surface area contributed by atoms with Crippen molar-refractivity contribution in [1.29, 1.82) is 0 Å². The zero-order chi connectivity index (χ0) is 10.4. The van der Waals surface area contributed by atoms with Crippen LogP contribution >= 0.6 is 0 Å². The van der Waals surface area contributed by atoms with Gasteiger partial charge in [-0.25, -0.2) is 0 Å². The Bertz CT molecular complexity index is 260. The standard InChI is InChI=1S/C9H16O4S/c1-8(2)12-6-7(13-8)5-9(3-4-9)14(10)11/h7H,3-6H2,1-2H3,(H,10,11)/p-1. The Hall–Kier alpha value is 0.0300. The van der Waals surface area contributed by atoms with Gasteiger partial charge in [0, 0.05) is 4.75 Å². The first-order valence-corrected chi connectivity index (χ1v) is 5.92. The van der Waals surface area contributed by atoms with Crippen LogP contribution in [-0.2, 0) is 20.6 Å². The largest absolute Gasteiger partial charge is 0.772 e. The van der Waals surface area contributed by atoms with Crippen molar-refractivity contribution < 1.29 is 18.2 Å². The second kappa shape index (κ2) is 3.27. The minimum atomic E-state index is -1.97. The van der Waals surface area contributed by atoms with Crippen LogP contribution in [0.15, 0.2) is 0 Å². The maximum atomic E-state index is 10.9. The topological polar surface area (TPSA) is 58.6 Å². The molecule has 1 heterocycles.